The minimum absolute atomic E-state index is 0.414. The Labute approximate surface area is 71.2 Å². The van der Waals surface area contributed by atoms with Crippen molar-refractivity contribution >= 4 is 5.78 Å². The zero-order chi connectivity index (χ0) is 9.19. The van der Waals surface area contributed by atoms with Crippen LogP contribution in [0.2, 0.25) is 0 Å². The number of carbonyl (C=O) groups excluding carboxylic acids is 1. The van der Waals surface area contributed by atoms with Crippen LogP contribution in [0, 0.1) is 0 Å². The summed E-state index contributed by atoms with van der Waals surface area (Å²) in [7, 11) is 0. The Morgan fingerprint density at radius 2 is 1.83 bits per heavy atom. The zero-order valence-corrected chi connectivity index (χ0v) is 7.17. The van der Waals surface area contributed by atoms with Crippen LogP contribution in [0.15, 0.2) is 30.3 Å². The Bertz CT molecular complexity index is 277. The highest BCUT2D eigenvalue weighted by Crippen LogP contribution is 2.25. The van der Waals surface area contributed by atoms with Crippen molar-refractivity contribution in [1.82, 2.24) is 0 Å². The molecule has 1 nitrogen and oxygen atoms in total. The van der Waals surface area contributed by atoms with Crippen molar-refractivity contribution in [3.63, 3.8) is 0 Å². The monoisotopic (exact) mass is 166 g/mol. The van der Waals surface area contributed by atoms with Crippen molar-refractivity contribution in [2.24, 2.45) is 0 Å². The van der Waals surface area contributed by atoms with Gasteiger partial charge in [-0.05, 0) is 19.4 Å². The maximum Gasteiger partial charge on any atom is 0.190 e. The number of alkyl halides is 1. The normalized spacial score (nSPS) is 15.2. The summed E-state index contributed by atoms with van der Waals surface area (Å²) < 4.78 is 13.6. The van der Waals surface area contributed by atoms with E-state index in [1.54, 1.807) is 30.3 Å². The SMILES string of the molecule is CC(=O)[C@@](C)(F)c1ccccc1. The van der Waals surface area contributed by atoms with Crippen LogP contribution in [0.5, 0.6) is 0 Å². The van der Waals surface area contributed by atoms with Gasteiger partial charge in [0.25, 0.3) is 0 Å². The first-order valence-electron chi connectivity index (χ1n) is 3.80. The van der Waals surface area contributed by atoms with Crippen molar-refractivity contribution < 1.29 is 9.18 Å². The third-order valence-corrected chi connectivity index (χ3v) is 1.98. The molecule has 0 saturated heterocycles. The van der Waals surface area contributed by atoms with Gasteiger partial charge in [-0.1, -0.05) is 30.3 Å². The summed E-state index contributed by atoms with van der Waals surface area (Å²) in [6.45, 7) is 2.54. The van der Waals surface area contributed by atoms with E-state index in [9.17, 15) is 9.18 Å². The topological polar surface area (TPSA) is 17.1 Å². The van der Waals surface area contributed by atoms with Crippen LogP contribution < -0.4 is 0 Å². The van der Waals surface area contributed by atoms with E-state index in [4.69, 9.17) is 0 Å². The highest BCUT2D eigenvalue weighted by Gasteiger charge is 2.30. The number of halogens is 1. The minimum Gasteiger partial charge on any atom is -0.296 e. The molecule has 1 rings (SSSR count). The van der Waals surface area contributed by atoms with Gasteiger partial charge in [0.15, 0.2) is 11.5 Å². The largest absolute Gasteiger partial charge is 0.296 e. The Hall–Kier alpha value is -1.18. The molecule has 12 heavy (non-hydrogen) atoms. The smallest absolute Gasteiger partial charge is 0.190 e. The molecular formula is C10H11FO. The molecule has 64 valence electrons. The average Bonchev–Trinajstić information content (AvgIpc) is 2.06. The molecule has 0 heterocycles. The highest BCUT2D eigenvalue weighted by molar-refractivity contribution is 5.85. The molecular weight excluding hydrogens is 155 g/mol. The van der Waals surface area contributed by atoms with Crippen LogP contribution in [0.1, 0.15) is 19.4 Å². The lowest BCUT2D eigenvalue weighted by Gasteiger charge is -2.16. The van der Waals surface area contributed by atoms with Crippen LogP contribution in [-0.2, 0) is 10.5 Å². The molecule has 0 saturated carbocycles. The van der Waals surface area contributed by atoms with Crippen LogP contribution in [0.3, 0.4) is 0 Å². The maximum absolute atomic E-state index is 13.6. The Kier molecular flexibility index (Phi) is 2.27. The van der Waals surface area contributed by atoms with E-state index in [0.29, 0.717) is 5.56 Å². The van der Waals surface area contributed by atoms with Gasteiger partial charge in [-0.25, -0.2) is 4.39 Å². The van der Waals surface area contributed by atoms with Crippen LogP contribution in [0.4, 0.5) is 4.39 Å². The van der Waals surface area contributed by atoms with Gasteiger partial charge in [0, 0.05) is 0 Å². The first-order valence-corrected chi connectivity index (χ1v) is 3.80. The summed E-state index contributed by atoms with van der Waals surface area (Å²) in [6, 6.07) is 8.45. The summed E-state index contributed by atoms with van der Waals surface area (Å²) in [5.74, 6) is -0.464. The average molecular weight is 166 g/mol. The van der Waals surface area contributed by atoms with Crippen molar-refractivity contribution in [3.05, 3.63) is 35.9 Å². The van der Waals surface area contributed by atoms with E-state index in [-0.39, 0.29) is 0 Å². The minimum atomic E-state index is -1.85. The molecule has 0 bridgehead atoms. The van der Waals surface area contributed by atoms with Crippen molar-refractivity contribution in [1.29, 1.82) is 0 Å². The van der Waals surface area contributed by atoms with Crippen molar-refractivity contribution in [2.75, 3.05) is 0 Å². The second-order valence-corrected chi connectivity index (χ2v) is 2.93. The molecule has 0 radical (unpaired) electrons. The van der Waals surface area contributed by atoms with Gasteiger partial charge in [0.1, 0.15) is 0 Å². The number of rotatable bonds is 2. The van der Waals surface area contributed by atoms with Gasteiger partial charge in [0.2, 0.25) is 0 Å². The van der Waals surface area contributed by atoms with Gasteiger partial charge in [-0.2, -0.15) is 0 Å². The quantitative estimate of drug-likeness (QED) is 0.659. The van der Waals surface area contributed by atoms with Gasteiger partial charge >= 0.3 is 0 Å². The summed E-state index contributed by atoms with van der Waals surface area (Å²) in [6.07, 6.45) is 0. The molecule has 2 heteroatoms. The standard InChI is InChI=1S/C10H11FO/c1-8(12)10(2,11)9-6-4-3-5-7-9/h3-7H,1-2H3/t10-/m1/s1. The molecule has 0 aliphatic carbocycles. The first kappa shape index (κ1) is 8.91. The zero-order valence-electron chi connectivity index (χ0n) is 7.17. The fraction of sp³-hybridized carbons (Fsp3) is 0.300. The van der Waals surface area contributed by atoms with Crippen LogP contribution in [-0.4, -0.2) is 5.78 Å². The third-order valence-electron chi connectivity index (χ3n) is 1.98. The maximum atomic E-state index is 13.6. The molecule has 0 aliphatic rings. The molecule has 0 fully saturated rings. The van der Waals surface area contributed by atoms with Crippen LogP contribution >= 0.6 is 0 Å². The predicted molar refractivity (Wildman–Crippen MR) is 45.6 cm³/mol. The lowest BCUT2D eigenvalue weighted by molar-refractivity contribution is -0.127. The number of ketones is 1. The lowest BCUT2D eigenvalue weighted by Crippen LogP contribution is -2.24. The Morgan fingerprint density at radius 3 is 2.25 bits per heavy atom. The number of hydrogen-bond acceptors (Lipinski definition) is 1. The predicted octanol–water partition coefficient (Wildman–Crippen LogP) is 2.46. The summed E-state index contributed by atoms with van der Waals surface area (Å²) in [5, 5.41) is 0. The van der Waals surface area contributed by atoms with E-state index in [2.05, 4.69) is 0 Å². The number of Topliss-reactive ketones (excluding diaryl/α,β-unsaturated/α-hetero) is 1. The molecule has 1 atom stereocenters. The van der Waals surface area contributed by atoms with E-state index < -0.39 is 11.5 Å². The second kappa shape index (κ2) is 3.05. The summed E-state index contributed by atoms with van der Waals surface area (Å²) in [4.78, 5) is 10.9. The Morgan fingerprint density at radius 1 is 1.33 bits per heavy atom. The van der Waals surface area contributed by atoms with E-state index in [1.165, 1.54) is 13.8 Å². The van der Waals surface area contributed by atoms with Gasteiger partial charge in [-0.15, -0.1) is 0 Å². The molecule has 0 unspecified atom stereocenters. The van der Waals surface area contributed by atoms with E-state index in [1.807, 2.05) is 0 Å². The third kappa shape index (κ3) is 1.52. The highest BCUT2D eigenvalue weighted by atomic mass is 19.1. The van der Waals surface area contributed by atoms with E-state index in [0.717, 1.165) is 0 Å². The van der Waals surface area contributed by atoms with Gasteiger partial charge < -0.3 is 0 Å². The Balaban J connectivity index is 3.06. The molecule has 1 aromatic rings. The van der Waals surface area contributed by atoms with Gasteiger partial charge in [-0.3, -0.25) is 4.79 Å². The van der Waals surface area contributed by atoms with Gasteiger partial charge in [0.05, 0.1) is 0 Å². The second-order valence-electron chi connectivity index (χ2n) is 2.93. The molecule has 0 spiro atoms. The summed E-state index contributed by atoms with van der Waals surface area (Å²) in [5.41, 5.74) is -1.43. The summed E-state index contributed by atoms with van der Waals surface area (Å²) >= 11 is 0. The number of carbonyl (C=O) groups is 1. The van der Waals surface area contributed by atoms with Crippen molar-refractivity contribution in [2.45, 2.75) is 19.5 Å². The lowest BCUT2D eigenvalue weighted by atomic mass is 9.94. The molecule has 1 aromatic carbocycles. The molecule has 0 N–H and O–H groups in total. The molecule has 0 aliphatic heterocycles. The fourth-order valence-corrected chi connectivity index (χ4v) is 0.954. The number of hydrogen-bond donors (Lipinski definition) is 0. The number of benzene rings is 1. The fourth-order valence-electron chi connectivity index (χ4n) is 0.954. The molecule has 0 amide bonds. The van der Waals surface area contributed by atoms with E-state index >= 15 is 0 Å². The van der Waals surface area contributed by atoms with Crippen molar-refractivity contribution in [3.8, 4) is 0 Å². The molecule has 0 aromatic heterocycles. The first-order chi connectivity index (χ1) is 5.55. The van der Waals surface area contributed by atoms with Crippen LogP contribution in [0.25, 0.3) is 0 Å².